The zero-order chi connectivity index (χ0) is 14.5. The van der Waals surface area contributed by atoms with Crippen LogP contribution in [0, 0.1) is 0 Å². The minimum atomic E-state index is -0.991. The molecule has 0 radical (unpaired) electrons. The third kappa shape index (κ3) is 3.17. The molecule has 0 saturated heterocycles. The normalized spacial score (nSPS) is 12.2. The van der Waals surface area contributed by atoms with Crippen LogP contribution in [0.3, 0.4) is 0 Å². The van der Waals surface area contributed by atoms with Gasteiger partial charge < -0.3 is 15.4 Å². The second kappa shape index (κ2) is 6.23. The number of hydrogen-bond donors (Lipinski definition) is 3. The van der Waals surface area contributed by atoms with E-state index in [1.54, 1.807) is 18.3 Å². The van der Waals surface area contributed by atoms with E-state index < -0.39 is 12.0 Å². The van der Waals surface area contributed by atoms with Crippen LogP contribution in [-0.2, 0) is 4.79 Å². The third-order valence-electron chi connectivity index (χ3n) is 3.27. The van der Waals surface area contributed by atoms with Crippen LogP contribution < -0.4 is 5.32 Å². The highest BCUT2D eigenvalue weighted by atomic mass is 16.4. The number of fused-ring (bicyclic) bond motifs is 1. The van der Waals surface area contributed by atoms with Crippen LogP contribution in [0.25, 0.3) is 10.9 Å². The number of nitrogens with one attached hydrogen (secondary N) is 2. The van der Waals surface area contributed by atoms with Crippen molar-refractivity contribution in [2.45, 2.75) is 32.2 Å². The Morgan fingerprint density at radius 2 is 2.15 bits per heavy atom. The highest BCUT2D eigenvalue weighted by molar-refractivity contribution is 5.99. The van der Waals surface area contributed by atoms with Crippen molar-refractivity contribution in [2.75, 3.05) is 0 Å². The van der Waals surface area contributed by atoms with Crippen molar-refractivity contribution in [3.63, 3.8) is 0 Å². The molecule has 3 N–H and O–H groups in total. The number of aromatic nitrogens is 1. The molecule has 0 aliphatic heterocycles. The second-order valence-electron chi connectivity index (χ2n) is 4.79. The molecule has 2 rings (SSSR count). The number of carbonyl (C=O) groups is 2. The first-order chi connectivity index (χ1) is 9.61. The largest absolute Gasteiger partial charge is 0.480 e. The lowest BCUT2D eigenvalue weighted by Gasteiger charge is -2.14. The number of carboxylic acid groups (broad SMARTS) is 1. The van der Waals surface area contributed by atoms with Crippen LogP contribution in [0.1, 0.15) is 36.5 Å². The number of hydrogen-bond acceptors (Lipinski definition) is 2. The summed E-state index contributed by atoms with van der Waals surface area (Å²) in [6.07, 6.45) is 3.92. The summed E-state index contributed by atoms with van der Waals surface area (Å²) in [5, 5.41) is 12.6. The van der Waals surface area contributed by atoms with Gasteiger partial charge in [0, 0.05) is 22.7 Å². The summed E-state index contributed by atoms with van der Waals surface area (Å²) in [5.41, 5.74) is 1.42. The number of aliphatic carboxylic acids is 1. The molecule has 1 unspecified atom stereocenters. The highest BCUT2D eigenvalue weighted by Gasteiger charge is 2.20. The Kier molecular flexibility index (Phi) is 4.40. The first-order valence-electron chi connectivity index (χ1n) is 6.72. The molecule has 0 bridgehead atoms. The van der Waals surface area contributed by atoms with Crippen molar-refractivity contribution >= 4 is 22.8 Å². The lowest BCUT2D eigenvalue weighted by atomic mass is 10.1. The molecule has 0 fully saturated rings. The first kappa shape index (κ1) is 14.1. The fraction of sp³-hybridized carbons (Fsp3) is 0.333. The number of aromatic amines is 1. The van der Waals surface area contributed by atoms with E-state index in [2.05, 4.69) is 10.3 Å². The monoisotopic (exact) mass is 274 g/mol. The van der Waals surface area contributed by atoms with Crippen molar-refractivity contribution in [3.05, 3.63) is 36.0 Å². The van der Waals surface area contributed by atoms with Gasteiger partial charge in [-0.05, 0) is 30.7 Å². The van der Waals surface area contributed by atoms with Crippen LogP contribution in [0.2, 0.25) is 0 Å². The predicted molar refractivity (Wildman–Crippen MR) is 76.7 cm³/mol. The van der Waals surface area contributed by atoms with E-state index >= 15 is 0 Å². The van der Waals surface area contributed by atoms with E-state index in [4.69, 9.17) is 5.11 Å². The first-order valence-corrected chi connectivity index (χ1v) is 6.72. The summed E-state index contributed by atoms with van der Waals surface area (Å²) < 4.78 is 0. The molecule has 0 aliphatic carbocycles. The zero-order valence-electron chi connectivity index (χ0n) is 11.3. The molecule has 5 heteroatoms. The van der Waals surface area contributed by atoms with Crippen LogP contribution in [0.4, 0.5) is 0 Å². The molecule has 20 heavy (non-hydrogen) atoms. The Labute approximate surface area is 117 Å². The average Bonchev–Trinajstić information content (AvgIpc) is 2.90. The topological polar surface area (TPSA) is 82.2 Å². The number of amides is 1. The average molecular weight is 274 g/mol. The van der Waals surface area contributed by atoms with Gasteiger partial charge in [-0.25, -0.2) is 4.79 Å². The Morgan fingerprint density at radius 3 is 2.85 bits per heavy atom. The maximum Gasteiger partial charge on any atom is 0.326 e. The lowest BCUT2D eigenvalue weighted by molar-refractivity contribution is -0.139. The van der Waals surface area contributed by atoms with Gasteiger partial charge in [-0.2, -0.15) is 0 Å². The second-order valence-corrected chi connectivity index (χ2v) is 4.79. The van der Waals surface area contributed by atoms with Gasteiger partial charge in [-0.3, -0.25) is 4.79 Å². The van der Waals surface area contributed by atoms with E-state index in [1.807, 2.05) is 19.1 Å². The standard InChI is InChI=1S/C15H18N2O3/c1-2-3-4-13(15(19)20)17-14(18)11-5-6-12-10(9-11)7-8-16-12/h5-9,13,16H,2-4H2,1H3,(H,17,18)(H,19,20). The van der Waals surface area contributed by atoms with Crippen LogP contribution >= 0.6 is 0 Å². The fourth-order valence-corrected chi connectivity index (χ4v) is 2.10. The van der Waals surface area contributed by atoms with Crippen molar-refractivity contribution in [1.29, 1.82) is 0 Å². The molecule has 106 valence electrons. The van der Waals surface area contributed by atoms with Crippen molar-refractivity contribution in [3.8, 4) is 0 Å². The lowest BCUT2D eigenvalue weighted by Crippen LogP contribution is -2.40. The fourth-order valence-electron chi connectivity index (χ4n) is 2.10. The summed E-state index contributed by atoms with van der Waals surface area (Å²) in [6, 6.07) is 6.29. The van der Waals surface area contributed by atoms with Crippen molar-refractivity contribution in [2.24, 2.45) is 0 Å². The SMILES string of the molecule is CCCCC(NC(=O)c1ccc2[nH]ccc2c1)C(=O)O. The minimum absolute atomic E-state index is 0.350. The molecular weight excluding hydrogens is 256 g/mol. The Morgan fingerprint density at radius 1 is 1.35 bits per heavy atom. The maximum atomic E-state index is 12.1. The number of carboxylic acids is 1. The van der Waals surface area contributed by atoms with Gasteiger partial charge in [-0.1, -0.05) is 19.8 Å². The van der Waals surface area contributed by atoms with Gasteiger partial charge in [0.1, 0.15) is 6.04 Å². The summed E-state index contributed by atoms with van der Waals surface area (Å²) in [4.78, 5) is 26.3. The molecular formula is C15H18N2O3. The molecule has 0 saturated carbocycles. The van der Waals surface area contributed by atoms with E-state index in [-0.39, 0.29) is 5.91 Å². The molecule has 1 amide bonds. The minimum Gasteiger partial charge on any atom is -0.480 e. The van der Waals surface area contributed by atoms with E-state index in [9.17, 15) is 9.59 Å². The van der Waals surface area contributed by atoms with Crippen molar-refractivity contribution < 1.29 is 14.7 Å². The molecule has 1 aromatic heterocycles. The van der Waals surface area contributed by atoms with Crippen LogP contribution in [0.5, 0.6) is 0 Å². The maximum absolute atomic E-state index is 12.1. The number of unbranched alkanes of at least 4 members (excludes halogenated alkanes) is 1. The molecule has 0 spiro atoms. The molecule has 1 aromatic carbocycles. The van der Waals surface area contributed by atoms with Crippen LogP contribution in [0.15, 0.2) is 30.5 Å². The number of carbonyl (C=O) groups excluding carboxylic acids is 1. The molecule has 5 nitrogen and oxygen atoms in total. The molecule has 2 aromatic rings. The third-order valence-corrected chi connectivity index (χ3v) is 3.27. The summed E-state index contributed by atoms with van der Waals surface area (Å²) in [6.45, 7) is 1.99. The van der Waals surface area contributed by atoms with Gasteiger partial charge in [-0.15, -0.1) is 0 Å². The van der Waals surface area contributed by atoms with Gasteiger partial charge in [0.25, 0.3) is 5.91 Å². The number of rotatable bonds is 6. The predicted octanol–water partition coefficient (Wildman–Crippen LogP) is 2.54. The van der Waals surface area contributed by atoms with Gasteiger partial charge >= 0.3 is 5.97 Å². The highest BCUT2D eigenvalue weighted by Crippen LogP contribution is 2.14. The van der Waals surface area contributed by atoms with E-state index in [0.29, 0.717) is 12.0 Å². The molecule has 1 atom stereocenters. The summed E-state index contributed by atoms with van der Waals surface area (Å²) in [5.74, 6) is -1.34. The summed E-state index contributed by atoms with van der Waals surface area (Å²) >= 11 is 0. The quantitative estimate of drug-likeness (QED) is 0.757. The van der Waals surface area contributed by atoms with E-state index in [1.165, 1.54) is 0 Å². The van der Waals surface area contributed by atoms with Gasteiger partial charge in [0.2, 0.25) is 0 Å². The summed E-state index contributed by atoms with van der Waals surface area (Å²) in [7, 11) is 0. The number of H-pyrrole nitrogens is 1. The van der Waals surface area contributed by atoms with Gasteiger partial charge in [0.05, 0.1) is 0 Å². The Balaban J connectivity index is 2.10. The Bertz CT molecular complexity index is 618. The number of benzene rings is 1. The Hall–Kier alpha value is -2.30. The smallest absolute Gasteiger partial charge is 0.326 e. The van der Waals surface area contributed by atoms with Gasteiger partial charge in [0.15, 0.2) is 0 Å². The molecule has 0 aliphatic rings. The van der Waals surface area contributed by atoms with E-state index in [0.717, 1.165) is 23.7 Å². The van der Waals surface area contributed by atoms with Crippen molar-refractivity contribution in [1.82, 2.24) is 10.3 Å². The molecule has 1 heterocycles. The van der Waals surface area contributed by atoms with Crippen LogP contribution in [-0.4, -0.2) is 28.0 Å². The zero-order valence-corrected chi connectivity index (χ0v) is 11.3.